The molecule has 1 saturated carbocycles. The van der Waals surface area contributed by atoms with E-state index in [0.717, 1.165) is 31.2 Å². The number of benzene rings is 1. The SMILES string of the molecule is COc1cccc(-c2cc(C(=O)NC3CCCCCCCCCCC3)c3c(C)nn(C4CCS(=O)(=O)C4)c3n2)c1. The molecule has 2 fully saturated rings. The molecule has 1 atom stereocenters. The van der Waals surface area contributed by atoms with Crippen molar-refractivity contribution in [3.05, 3.63) is 41.6 Å². The number of aromatic nitrogens is 3. The van der Waals surface area contributed by atoms with E-state index in [1.807, 2.05) is 37.3 Å². The van der Waals surface area contributed by atoms with Crippen LogP contribution < -0.4 is 10.1 Å². The summed E-state index contributed by atoms with van der Waals surface area (Å²) in [5.41, 5.74) is 3.25. The highest BCUT2D eigenvalue weighted by Crippen LogP contribution is 2.33. The van der Waals surface area contributed by atoms with Gasteiger partial charge in [0.2, 0.25) is 0 Å². The number of methoxy groups -OCH3 is 1. The molecule has 1 unspecified atom stereocenters. The number of aryl methyl sites for hydroxylation is 1. The molecule has 8 nitrogen and oxygen atoms in total. The molecule has 1 aliphatic heterocycles. The monoisotopic (exact) mass is 566 g/mol. The summed E-state index contributed by atoms with van der Waals surface area (Å²) in [5, 5.41) is 8.82. The Balaban J connectivity index is 1.52. The molecule has 0 bridgehead atoms. The molecule has 216 valence electrons. The third-order valence-electron chi connectivity index (χ3n) is 8.44. The van der Waals surface area contributed by atoms with Crippen molar-refractivity contribution in [1.82, 2.24) is 20.1 Å². The van der Waals surface area contributed by atoms with Crippen molar-refractivity contribution in [2.24, 2.45) is 0 Å². The Kier molecular flexibility index (Phi) is 9.08. The van der Waals surface area contributed by atoms with Crippen LogP contribution in [0.5, 0.6) is 5.75 Å². The molecule has 1 aliphatic carbocycles. The van der Waals surface area contributed by atoms with Gasteiger partial charge in [-0.1, -0.05) is 69.9 Å². The zero-order valence-electron chi connectivity index (χ0n) is 23.8. The molecule has 5 rings (SSSR count). The summed E-state index contributed by atoms with van der Waals surface area (Å²) in [4.78, 5) is 19.0. The van der Waals surface area contributed by atoms with E-state index in [0.29, 0.717) is 40.2 Å². The van der Waals surface area contributed by atoms with Crippen LogP contribution in [0.4, 0.5) is 0 Å². The van der Waals surface area contributed by atoms with Crippen LogP contribution in [0.2, 0.25) is 0 Å². The summed E-state index contributed by atoms with van der Waals surface area (Å²) < 4.78 is 31.8. The lowest BCUT2D eigenvalue weighted by molar-refractivity contribution is 0.0933. The molecule has 1 N–H and O–H groups in total. The second-order valence-electron chi connectivity index (χ2n) is 11.5. The van der Waals surface area contributed by atoms with Gasteiger partial charge in [-0.05, 0) is 44.4 Å². The quantitative estimate of drug-likeness (QED) is 0.396. The number of fused-ring (bicyclic) bond motifs is 1. The van der Waals surface area contributed by atoms with E-state index in [9.17, 15) is 13.2 Å². The molecule has 3 aromatic rings. The zero-order valence-corrected chi connectivity index (χ0v) is 24.6. The first-order chi connectivity index (χ1) is 19.3. The van der Waals surface area contributed by atoms with E-state index >= 15 is 0 Å². The predicted molar refractivity (Wildman–Crippen MR) is 159 cm³/mol. The second-order valence-corrected chi connectivity index (χ2v) is 13.7. The Morgan fingerprint density at radius 3 is 2.27 bits per heavy atom. The molecule has 0 spiro atoms. The zero-order chi connectivity index (χ0) is 28.1. The van der Waals surface area contributed by atoms with E-state index < -0.39 is 9.84 Å². The lowest BCUT2D eigenvalue weighted by Gasteiger charge is -2.20. The molecular weight excluding hydrogens is 524 g/mol. The highest BCUT2D eigenvalue weighted by Gasteiger charge is 2.32. The van der Waals surface area contributed by atoms with Gasteiger partial charge in [0, 0.05) is 11.6 Å². The molecule has 1 saturated heterocycles. The maximum Gasteiger partial charge on any atom is 0.252 e. The maximum absolute atomic E-state index is 14.0. The number of rotatable bonds is 5. The van der Waals surface area contributed by atoms with Crippen molar-refractivity contribution < 1.29 is 17.9 Å². The van der Waals surface area contributed by atoms with E-state index in [-0.39, 0.29) is 29.5 Å². The minimum Gasteiger partial charge on any atom is -0.497 e. The fourth-order valence-corrected chi connectivity index (χ4v) is 7.91. The lowest BCUT2D eigenvalue weighted by atomic mass is 9.97. The van der Waals surface area contributed by atoms with Crippen LogP contribution >= 0.6 is 0 Å². The molecule has 2 aliphatic rings. The predicted octanol–water partition coefficient (Wildman–Crippen LogP) is 6.18. The van der Waals surface area contributed by atoms with Gasteiger partial charge in [-0.3, -0.25) is 4.79 Å². The number of hydrogen-bond donors (Lipinski definition) is 1. The third kappa shape index (κ3) is 6.67. The van der Waals surface area contributed by atoms with Crippen LogP contribution in [-0.2, 0) is 9.84 Å². The van der Waals surface area contributed by atoms with E-state index in [2.05, 4.69) is 5.32 Å². The first kappa shape index (κ1) is 28.6. The lowest BCUT2D eigenvalue weighted by Crippen LogP contribution is -2.35. The van der Waals surface area contributed by atoms with Crippen molar-refractivity contribution in [3.63, 3.8) is 0 Å². The van der Waals surface area contributed by atoms with Gasteiger partial charge in [0.15, 0.2) is 15.5 Å². The van der Waals surface area contributed by atoms with Crippen LogP contribution in [0.3, 0.4) is 0 Å². The van der Waals surface area contributed by atoms with Gasteiger partial charge in [-0.25, -0.2) is 18.1 Å². The van der Waals surface area contributed by atoms with Gasteiger partial charge in [0.25, 0.3) is 5.91 Å². The summed E-state index contributed by atoms with van der Waals surface area (Å²) in [6.45, 7) is 1.88. The molecular formula is C31H42N4O4S. The number of nitrogens with one attached hydrogen (secondary N) is 1. The average Bonchev–Trinajstić information content (AvgIpc) is 3.48. The van der Waals surface area contributed by atoms with Gasteiger partial charge in [0.1, 0.15) is 5.75 Å². The van der Waals surface area contributed by atoms with Crippen molar-refractivity contribution in [1.29, 1.82) is 0 Å². The van der Waals surface area contributed by atoms with Gasteiger partial charge in [-0.15, -0.1) is 0 Å². The number of amides is 1. The van der Waals surface area contributed by atoms with Crippen LogP contribution in [0.15, 0.2) is 30.3 Å². The van der Waals surface area contributed by atoms with Crippen LogP contribution in [-0.4, -0.2) is 53.7 Å². The first-order valence-electron chi connectivity index (χ1n) is 14.9. The largest absolute Gasteiger partial charge is 0.497 e. The topological polar surface area (TPSA) is 103 Å². The Hall–Kier alpha value is -2.94. The first-order valence-corrected chi connectivity index (χ1v) is 16.7. The van der Waals surface area contributed by atoms with E-state index in [1.54, 1.807) is 11.8 Å². The third-order valence-corrected chi connectivity index (χ3v) is 10.2. The summed E-state index contributed by atoms with van der Waals surface area (Å²) >= 11 is 0. The number of pyridine rings is 1. The van der Waals surface area contributed by atoms with E-state index in [1.165, 1.54) is 44.9 Å². The van der Waals surface area contributed by atoms with Gasteiger partial charge in [0.05, 0.1) is 47.0 Å². The van der Waals surface area contributed by atoms with Crippen LogP contribution in [0.1, 0.15) is 99.1 Å². The standard InChI is InChI=1S/C31H42N4O4S/c1-22-29-27(31(36)32-24-14-10-8-6-4-3-5-7-9-11-15-24)20-28(23-13-12-16-26(19-23)39-2)33-30(29)35(34-22)25-17-18-40(37,38)21-25/h12-13,16,19-20,24-25H,3-11,14-15,17-18,21H2,1-2H3,(H,32,36). The van der Waals surface area contributed by atoms with Crippen molar-refractivity contribution in [3.8, 4) is 17.0 Å². The Labute approximate surface area is 237 Å². The summed E-state index contributed by atoms with van der Waals surface area (Å²) in [7, 11) is -1.50. The fourth-order valence-electron chi connectivity index (χ4n) is 6.22. The summed E-state index contributed by atoms with van der Waals surface area (Å²) in [5.74, 6) is 0.765. The summed E-state index contributed by atoms with van der Waals surface area (Å²) in [6, 6.07) is 9.30. The fraction of sp³-hybridized carbons (Fsp3) is 0.581. The highest BCUT2D eigenvalue weighted by atomic mass is 32.2. The number of nitrogens with zero attached hydrogens (tertiary/aromatic N) is 3. The van der Waals surface area contributed by atoms with Crippen LogP contribution in [0.25, 0.3) is 22.3 Å². The molecule has 0 radical (unpaired) electrons. The van der Waals surface area contributed by atoms with Gasteiger partial charge < -0.3 is 10.1 Å². The molecule has 2 aromatic heterocycles. The number of ether oxygens (including phenoxy) is 1. The minimum atomic E-state index is -3.12. The number of sulfone groups is 1. The summed E-state index contributed by atoms with van der Waals surface area (Å²) in [6.07, 6.45) is 13.6. The molecule has 9 heteroatoms. The van der Waals surface area contributed by atoms with E-state index in [4.69, 9.17) is 14.8 Å². The minimum absolute atomic E-state index is 0.0396. The molecule has 1 amide bonds. The average molecular weight is 567 g/mol. The normalized spacial score (nSPS) is 21.0. The number of hydrogen-bond acceptors (Lipinski definition) is 6. The second kappa shape index (κ2) is 12.7. The number of carbonyl (C=O) groups excluding carboxylic acids is 1. The van der Waals surface area contributed by atoms with Crippen molar-refractivity contribution >= 4 is 26.8 Å². The smallest absolute Gasteiger partial charge is 0.252 e. The molecule has 3 heterocycles. The molecule has 40 heavy (non-hydrogen) atoms. The Morgan fingerprint density at radius 1 is 0.975 bits per heavy atom. The maximum atomic E-state index is 14.0. The van der Waals surface area contributed by atoms with Crippen molar-refractivity contribution in [2.75, 3.05) is 18.6 Å². The van der Waals surface area contributed by atoms with Crippen LogP contribution in [0, 0.1) is 6.92 Å². The van der Waals surface area contributed by atoms with Crippen molar-refractivity contribution in [2.45, 2.75) is 96.1 Å². The Morgan fingerprint density at radius 2 is 1.65 bits per heavy atom. The Bertz CT molecular complexity index is 1440. The van der Waals surface area contributed by atoms with Gasteiger partial charge in [-0.2, -0.15) is 5.10 Å². The van der Waals surface area contributed by atoms with Gasteiger partial charge >= 0.3 is 0 Å². The highest BCUT2D eigenvalue weighted by molar-refractivity contribution is 7.91. The number of carbonyl (C=O) groups is 1. The molecule has 1 aromatic carbocycles.